The SMILES string of the molecule is COc1cc2c(NCC3(O)CCCCCC3)ncnc2cc1F. The number of nitrogens with zero attached hydrogens (tertiary/aromatic N) is 2. The predicted molar refractivity (Wildman–Crippen MR) is 87.2 cm³/mol. The quantitative estimate of drug-likeness (QED) is 0.847. The summed E-state index contributed by atoms with van der Waals surface area (Å²) in [5, 5.41) is 14.6. The fourth-order valence-electron chi connectivity index (χ4n) is 3.17. The lowest BCUT2D eigenvalue weighted by atomic mass is 9.94. The molecule has 6 heteroatoms. The van der Waals surface area contributed by atoms with E-state index in [1.807, 2.05) is 0 Å². The lowest BCUT2D eigenvalue weighted by Gasteiger charge is -2.27. The van der Waals surface area contributed by atoms with Crippen LogP contribution in [0, 0.1) is 5.82 Å². The number of nitrogens with one attached hydrogen (secondary N) is 1. The number of hydrogen-bond donors (Lipinski definition) is 2. The van der Waals surface area contributed by atoms with Gasteiger partial charge in [-0.3, -0.25) is 0 Å². The van der Waals surface area contributed by atoms with Crippen LogP contribution in [0.4, 0.5) is 10.2 Å². The molecular weight excluding hydrogens is 297 g/mol. The van der Waals surface area contributed by atoms with Crippen molar-refractivity contribution in [3.63, 3.8) is 0 Å². The molecule has 0 unspecified atom stereocenters. The van der Waals surface area contributed by atoms with Gasteiger partial charge in [-0.1, -0.05) is 25.7 Å². The number of aromatic nitrogens is 2. The van der Waals surface area contributed by atoms with E-state index in [2.05, 4.69) is 15.3 Å². The van der Waals surface area contributed by atoms with Crippen molar-refractivity contribution in [3.05, 3.63) is 24.3 Å². The number of ether oxygens (including phenoxy) is 1. The summed E-state index contributed by atoms with van der Waals surface area (Å²) in [7, 11) is 1.43. The summed E-state index contributed by atoms with van der Waals surface area (Å²) in [5.41, 5.74) is -0.202. The highest BCUT2D eigenvalue weighted by Crippen LogP contribution is 2.30. The molecule has 1 aromatic carbocycles. The molecule has 0 spiro atoms. The molecule has 0 atom stereocenters. The second-order valence-electron chi connectivity index (χ2n) is 6.22. The van der Waals surface area contributed by atoms with E-state index in [1.54, 1.807) is 6.07 Å². The molecule has 2 N–H and O–H groups in total. The van der Waals surface area contributed by atoms with Crippen molar-refractivity contribution in [2.24, 2.45) is 0 Å². The summed E-state index contributed by atoms with van der Waals surface area (Å²) in [6, 6.07) is 2.92. The summed E-state index contributed by atoms with van der Waals surface area (Å²) in [6.07, 6.45) is 7.42. The van der Waals surface area contributed by atoms with E-state index in [-0.39, 0.29) is 5.75 Å². The molecule has 23 heavy (non-hydrogen) atoms. The highest BCUT2D eigenvalue weighted by Gasteiger charge is 2.28. The van der Waals surface area contributed by atoms with E-state index in [4.69, 9.17) is 4.74 Å². The van der Waals surface area contributed by atoms with E-state index in [0.717, 1.165) is 25.7 Å². The van der Waals surface area contributed by atoms with Gasteiger partial charge < -0.3 is 15.2 Å². The van der Waals surface area contributed by atoms with Crippen molar-refractivity contribution < 1.29 is 14.2 Å². The highest BCUT2D eigenvalue weighted by molar-refractivity contribution is 5.90. The molecular formula is C17H22FN3O2. The predicted octanol–water partition coefficient (Wildman–Crippen LogP) is 3.27. The minimum Gasteiger partial charge on any atom is -0.494 e. The van der Waals surface area contributed by atoms with Crippen molar-refractivity contribution in [1.82, 2.24) is 9.97 Å². The first kappa shape index (κ1) is 15.9. The maximum absolute atomic E-state index is 13.8. The lowest BCUT2D eigenvalue weighted by Crippen LogP contribution is -2.36. The standard InChI is InChI=1S/C17H22FN3O2/c1-23-15-8-12-14(9-13(15)18)20-11-21-16(12)19-10-17(22)6-4-2-3-5-7-17/h8-9,11,22H,2-7,10H2,1H3,(H,19,20,21). The second-order valence-corrected chi connectivity index (χ2v) is 6.22. The topological polar surface area (TPSA) is 67.3 Å². The molecule has 1 aromatic heterocycles. The minimum atomic E-state index is -0.710. The Balaban J connectivity index is 1.84. The highest BCUT2D eigenvalue weighted by atomic mass is 19.1. The maximum atomic E-state index is 13.8. The van der Waals surface area contributed by atoms with E-state index in [0.29, 0.717) is 23.3 Å². The average Bonchev–Trinajstić information content (AvgIpc) is 2.77. The van der Waals surface area contributed by atoms with Gasteiger partial charge in [0.15, 0.2) is 11.6 Å². The zero-order chi connectivity index (χ0) is 16.3. The summed E-state index contributed by atoms with van der Waals surface area (Å²) in [6.45, 7) is 0.429. The Hall–Kier alpha value is -1.95. The van der Waals surface area contributed by atoms with E-state index in [9.17, 15) is 9.50 Å². The Kier molecular flexibility index (Phi) is 4.61. The zero-order valence-electron chi connectivity index (χ0n) is 13.3. The van der Waals surface area contributed by atoms with Gasteiger partial charge >= 0.3 is 0 Å². The van der Waals surface area contributed by atoms with Gasteiger partial charge in [0.05, 0.1) is 18.2 Å². The molecule has 124 valence electrons. The van der Waals surface area contributed by atoms with Crippen molar-refractivity contribution in [1.29, 1.82) is 0 Å². The molecule has 1 heterocycles. The van der Waals surface area contributed by atoms with Crippen molar-refractivity contribution in [2.45, 2.75) is 44.1 Å². The molecule has 0 saturated heterocycles. The number of halogens is 1. The third-order valence-electron chi connectivity index (χ3n) is 4.53. The number of fused-ring (bicyclic) bond motifs is 1. The normalized spacial score (nSPS) is 17.7. The first-order valence-corrected chi connectivity index (χ1v) is 8.06. The Morgan fingerprint density at radius 1 is 1.22 bits per heavy atom. The number of hydrogen-bond acceptors (Lipinski definition) is 5. The van der Waals surface area contributed by atoms with Crippen LogP contribution in [0.3, 0.4) is 0 Å². The molecule has 0 bridgehead atoms. The third-order valence-corrected chi connectivity index (χ3v) is 4.53. The molecule has 3 rings (SSSR count). The van der Waals surface area contributed by atoms with Gasteiger partial charge in [-0.2, -0.15) is 0 Å². The van der Waals surface area contributed by atoms with E-state index in [1.165, 1.54) is 32.3 Å². The Bertz CT molecular complexity index is 685. The molecule has 5 nitrogen and oxygen atoms in total. The second kappa shape index (κ2) is 6.66. The van der Waals surface area contributed by atoms with Crippen molar-refractivity contribution in [3.8, 4) is 5.75 Å². The smallest absolute Gasteiger partial charge is 0.167 e. The molecule has 0 radical (unpaired) electrons. The van der Waals surface area contributed by atoms with Gasteiger partial charge in [-0.15, -0.1) is 0 Å². The van der Waals surface area contributed by atoms with Gasteiger partial charge in [0, 0.05) is 18.0 Å². The van der Waals surface area contributed by atoms with Gasteiger partial charge in [0.25, 0.3) is 0 Å². The summed E-state index contributed by atoms with van der Waals surface area (Å²) >= 11 is 0. The van der Waals surface area contributed by atoms with Gasteiger partial charge in [0.1, 0.15) is 12.1 Å². The third kappa shape index (κ3) is 3.52. The van der Waals surface area contributed by atoms with E-state index < -0.39 is 11.4 Å². The summed E-state index contributed by atoms with van der Waals surface area (Å²) in [5.74, 6) is 0.293. The molecule has 0 aliphatic heterocycles. The van der Waals surface area contributed by atoms with Gasteiger partial charge in [-0.25, -0.2) is 14.4 Å². The van der Waals surface area contributed by atoms with Crippen molar-refractivity contribution in [2.75, 3.05) is 19.0 Å². The van der Waals surface area contributed by atoms with Gasteiger partial charge in [-0.05, 0) is 18.9 Å². The summed E-state index contributed by atoms with van der Waals surface area (Å²) < 4.78 is 18.8. The van der Waals surface area contributed by atoms with Gasteiger partial charge in [0.2, 0.25) is 0 Å². The van der Waals surface area contributed by atoms with Crippen molar-refractivity contribution >= 4 is 16.7 Å². The van der Waals surface area contributed by atoms with Crippen LogP contribution >= 0.6 is 0 Å². The largest absolute Gasteiger partial charge is 0.494 e. The first-order valence-electron chi connectivity index (χ1n) is 8.06. The molecule has 0 amide bonds. The molecule has 1 saturated carbocycles. The van der Waals surface area contributed by atoms with Crippen LogP contribution in [0.1, 0.15) is 38.5 Å². The fourth-order valence-corrected chi connectivity index (χ4v) is 3.17. The number of rotatable bonds is 4. The average molecular weight is 319 g/mol. The zero-order valence-corrected chi connectivity index (χ0v) is 13.3. The number of methoxy groups -OCH3 is 1. The fraction of sp³-hybridized carbons (Fsp3) is 0.529. The first-order chi connectivity index (χ1) is 11.1. The van der Waals surface area contributed by atoms with Crippen LogP contribution in [-0.2, 0) is 0 Å². The van der Waals surface area contributed by atoms with Crippen LogP contribution in [0.5, 0.6) is 5.75 Å². The van der Waals surface area contributed by atoms with Crippen LogP contribution in [0.15, 0.2) is 18.5 Å². The number of benzene rings is 1. The van der Waals surface area contributed by atoms with E-state index >= 15 is 0 Å². The van der Waals surface area contributed by atoms with Crippen LogP contribution in [0.2, 0.25) is 0 Å². The molecule has 1 fully saturated rings. The molecule has 1 aliphatic carbocycles. The van der Waals surface area contributed by atoms with Crippen LogP contribution < -0.4 is 10.1 Å². The Labute approximate surface area is 134 Å². The lowest BCUT2D eigenvalue weighted by molar-refractivity contribution is 0.0381. The van der Waals surface area contributed by atoms with Crippen LogP contribution in [-0.4, -0.2) is 34.3 Å². The Morgan fingerprint density at radius 3 is 2.65 bits per heavy atom. The molecule has 2 aromatic rings. The number of anilines is 1. The summed E-state index contributed by atoms with van der Waals surface area (Å²) in [4.78, 5) is 8.34. The minimum absolute atomic E-state index is 0.156. The molecule has 1 aliphatic rings. The van der Waals surface area contributed by atoms with Crippen LogP contribution in [0.25, 0.3) is 10.9 Å². The maximum Gasteiger partial charge on any atom is 0.167 e. The monoisotopic (exact) mass is 319 g/mol. The Morgan fingerprint density at radius 2 is 1.96 bits per heavy atom. The number of aliphatic hydroxyl groups is 1.